The predicted octanol–water partition coefficient (Wildman–Crippen LogP) is 8.58. The fourth-order valence-corrected chi connectivity index (χ4v) is 3.78. The number of benzene rings is 1. The number of carbonyl (C=O) groups excluding carboxylic acids is 1. The first kappa shape index (κ1) is 24.9. The van der Waals surface area contributed by atoms with Crippen molar-refractivity contribution in [2.75, 3.05) is 0 Å². The van der Waals surface area contributed by atoms with Crippen molar-refractivity contribution in [3.63, 3.8) is 0 Å². The summed E-state index contributed by atoms with van der Waals surface area (Å²) in [7, 11) is 0. The van der Waals surface area contributed by atoms with Crippen LogP contribution in [0.5, 0.6) is 0 Å². The lowest BCUT2D eigenvalue weighted by atomic mass is 9.86. The average molecular weight is 387 g/mol. The van der Waals surface area contributed by atoms with E-state index >= 15 is 0 Å². The quantitative estimate of drug-likeness (QED) is 0.260. The van der Waals surface area contributed by atoms with Crippen LogP contribution in [0.15, 0.2) is 24.3 Å². The average Bonchev–Trinajstić information content (AvgIpc) is 2.65. The summed E-state index contributed by atoms with van der Waals surface area (Å²) in [5.74, 6) is 0.395. The Labute approximate surface area is 175 Å². The summed E-state index contributed by atoms with van der Waals surface area (Å²) in [6, 6.07) is 8.60. The van der Waals surface area contributed by atoms with Gasteiger partial charge in [0.25, 0.3) is 0 Å². The highest BCUT2D eigenvalue weighted by molar-refractivity contribution is 5.80. The lowest BCUT2D eigenvalue weighted by Crippen LogP contribution is -2.11. The molecule has 1 rings (SSSR count). The van der Waals surface area contributed by atoms with Crippen LogP contribution in [0.25, 0.3) is 0 Å². The third-order valence-electron chi connectivity index (χ3n) is 5.78. The Kier molecular flexibility index (Phi) is 13.2. The van der Waals surface area contributed by atoms with E-state index in [9.17, 15) is 4.79 Å². The summed E-state index contributed by atoms with van der Waals surface area (Å²) >= 11 is 0. The Morgan fingerprint density at radius 2 is 1.11 bits per heavy atom. The number of carbonyl (C=O) groups is 1. The first-order valence-corrected chi connectivity index (χ1v) is 12.0. The highest BCUT2D eigenvalue weighted by Gasteiger charge is 2.13. The molecule has 0 aromatic heterocycles. The van der Waals surface area contributed by atoms with Crippen LogP contribution < -0.4 is 0 Å². The highest BCUT2D eigenvalue weighted by Crippen LogP contribution is 2.22. The third kappa shape index (κ3) is 12.4. The van der Waals surface area contributed by atoms with E-state index in [0.29, 0.717) is 12.2 Å². The van der Waals surface area contributed by atoms with Gasteiger partial charge in [-0.3, -0.25) is 4.79 Å². The van der Waals surface area contributed by atoms with Crippen molar-refractivity contribution >= 4 is 5.78 Å². The van der Waals surface area contributed by atoms with Crippen LogP contribution in [-0.2, 0) is 16.6 Å². The van der Waals surface area contributed by atoms with E-state index in [4.69, 9.17) is 0 Å². The predicted molar refractivity (Wildman–Crippen MR) is 124 cm³/mol. The zero-order valence-corrected chi connectivity index (χ0v) is 19.3. The molecule has 1 aromatic carbocycles. The Bertz CT molecular complexity index is 506. The maximum absolute atomic E-state index is 12.2. The van der Waals surface area contributed by atoms with E-state index in [1.54, 1.807) is 0 Å². The fraction of sp³-hybridized carbons (Fsp3) is 0.741. The number of hydrogen-bond acceptors (Lipinski definition) is 1. The zero-order valence-electron chi connectivity index (χ0n) is 19.3. The number of unbranched alkanes of at least 4 members (excludes halogenated alkanes) is 12. The molecule has 0 aliphatic rings. The van der Waals surface area contributed by atoms with Gasteiger partial charge in [0, 0.05) is 12.8 Å². The molecule has 1 nitrogen and oxygen atoms in total. The van der Waals surface area contributed by atoms with Crippen LogP contribution in [0.1, 0.15) is 129 Å². The first-order chi connectivity index (χ1) is 13.4. The van der Waals surface area contributed by atoms with Gasteiger partial charge >= 0.3 is 0 Å². The van der Waals surface area contributed by atoms with Crippen molar-refractivity contribution in [3.05, 3.63) is 35.4 Å². The third-order valence-corrected chi connectivity index (χ3v) is 5.78. The number of hydrogen-bond donors (Lipinski definition) is 0. The van der Waals surface area contributed by atoms with Gasteiger partial charge < -0.3 is 0 Å². The fourth-order valence-electron chi connectivity index (χ4n) is 3.78. The molecule has 160 valence electrons. The maximum atomic E-state index is 12.2. The van der Waals surface area contributed by atoms with Crippen molar-refractivity contribution in [1.82, 2.24) is 0 Å². The Balaban J connectivity index is 1.97. The molecular weight excluding hydrogens is 340 g/mol. The first-order valence-electron chi connectivity index (χ1n) is 12.0. The van der Waals surface area contributed by atoms with E-state index in [0.717, 1.165) is 18.4 Å². The smallest absolute Gasteiger partial charge is 0.137 e. The van der Waals surface area contributed by atoms with Crippen molar-refractivity contribution in [2.45, 2.75) is 129 Å². The lowest BCUT2D eigenvalue weighted by molar-refractivity contribution is -0.118. The van der Waals surface area contributed by atoms with Gasteiger partial charge in [-0.15, -0.1) is 0 Å². The van der Waals surface area contributed by atoms with Gasteiger partial charge in [0.05, 0.1) is 0 Å². The summed E-state index contributed by atoms with van der Waals surface area (Å²) in [6.07, 6.45) is 18.9. The molecule has 0 radical (unpaired) electrons. The van der Waals surface area contributed by atoms with Crippen molar-refractivity contribution in [1.29, 1.82) is 0 Å². The van der Waals surface area contributed by atoms with E-state index in [1.807, 2.05) is 0 Å². The molecule has 0 bridgehead atoms. The van der Waals surface area contributed by atoms with Gasteiger partial charge in [-0.1, -0.05) is 129 Å². The number of ketones is 1. The number of Topliss-reactive ketones (excluding diaryl/α,β-unsaturated/α-hetero) is 1. The second-order valence-corrected chi connectivity index (χ2v) is 9.66. The normalized spacial score (nSPS) is 11.7. The second kappa shape index (κ2) is 14.8. The minimum atomic E-state index is 0.178. The van der Waals surface area contributed by atoms with Crippen LogP contribution in [0.3, 0.4) is 0 Å². The van der Waals surface area contributed by atoms with Crippen LogP contribution in [0, 0.1) is 0 Å². The largest absolute Gasteiger partial charge is 0.299 e. The summed E-state index contributed by atoms with van der Waals surface area (Å²) in [5, 5.41) is 0. The second-order valence-electron chi connectivity index (χ2n) is 9.66. The Hall–Kier alpha value is -1.11. The van der Waals surface area contributed by atoms with Gasteiger partial charge in [0.1, 0.15) is 5.78 Å². The molecule has 0 amide bonds. The molecule has 28 heavy (non-hydrogen) atoms. The molecule has 1 aromatic rings. The molecule has 0 fully saturated rings. The van der Waals surface area contributed by atoms with E-state index in [1.165, 1.54) is 82.6 Å². The minimum absolute atomic E-state index is 0.178. The Morgan fingerprint density at radius 3 is 1.54 bits per heavy atom. The standard InChI is InChI=1S/C27H46O/c1-5-6-7-8-9-10-11-12-13-14-15-16-17-18-26(28)23-24-19-21-25(22-20-24)27(2,3)4/h19-22H,5-18,23H2,1-4H3. The molecule has 0 aliphatic carbocycles. The SMILES string of the molecule is CCCCCCCCCCCCCCCC(=O)Cc1ccc(C(C)(C)C)cc1. The van der Waals surface area contributed by atoms with Crippen LogP contribution >= 0.6 is 0 Å². The molecule has 0 heterocycles. The molecular formula is C27H46O. The minimum Gasteiger partial charge on any atom is -0.299 e. The molecule has 1 heteroatoms. The lowest BCUT2D eigenvalue weighted by Gasteiger charge is -2.19. The van der Waals surface area contributed by atoms with Crippen molar-refractivity contribution in [2.24, 2.45) is 0 Å². The van der Waals surface area contributed by atoms with Gasteiger partial charge in [-0.2, -0.15) is 0 Å². The molecule has 0 atom stereocenters. The highest BCUT2D eigenvalue weighted by atomic mass is 16.1. The zero-order chi connectivity index (χ0) is 20.7. The molecule has 0 unspecified atom stereocenters. The van der Waals surface area contributed by atoms with Crippen molar-refractivity contribution in [3.8, 4) is 0 Å². The summed E-state index contributed by atoms with van der Waals surface area (Å²) in [4.78, 5) is 12.2. The molecule has 0 N–H and O–H groups in total. The molecule has 0 saturated carbocycles. The monoisotopic (exact) mass is 386 g/mol. The topological polar surface area (TPSA) is 17.1 Å². The van der Waals surface area contributed by atoms with Gasteiger partial charge in [-0.05, 0) is 23.0 Å². The van der Waals surface area contributed by atoms with E-state index < -0.39 is 0 Å². The van der Waals surface area contributed by atoms with Gasteiger partial charge in [-0.25, -0.2) is 0 Å². The van der Waals surface area contributed by atoms with Crippen LogP contribution in [0.2, 0.25) is 0 Å². The Morgan fingerprint density at radius 1 is 0.679 bits per heavy atom. The van der Waals surface area contributed by atoms with Crippen molar-refractivity contribution < 1.29 is 4.79 Å². The summed E-state index contributed by atoms with van der Waals surface area (Å²) in [5.41, 5.74) is 2.67. The van der Waals surface area contributed by atoms with E-state index in [2.05, 4.69) is 52.0 Å². The molecule has 0 aliphatic heterocycles. The van der Waals surface area contributed by atoms with Gasteiger partial charge in [0.2, 0.25) is 0 Å². The molecule has 0 saturated heterocycles. The summed E-state index contributed by atoms with van der Waals surface area (Å²) in [6.45, 7) is 8.95. The summed E-state index contributed by atoms with van der Waals surface area (Å²) < 4.78 is 0. The maximum Gasteiger partial charge on any atom is 0.137 e. The van der Waals surface area contributed by atoms with Gasteiger partial charge in [0.15, 0.2) is 0 Å². The van der Waals surface area contributed by atoms with Crippen LogP contribution in [-0.4, -0.2) is 5.78 Å². The number of rotatable bonds is 16. The van der Waals surface area contributed by atoms with Crippen LogP contribution in [0.4, 0.5) is 0 Å². The van der Waals surface area contributed by atoms with E-state index in [-0.39, 0.29) is 5.41 Å². The molecule has 0 spiro atoms.